The number of ether oxygens (including phenoxy) is 1. The van der Waals surface area contributed by atoms with Gasteiger partial charge in [-0.05, 0) is 18.2 Å². The molecular formula is C16H8F2N2O. The lowest BCUT2D eigenvalue weighted by molar-refractivity contribution is 0.449. The minimum absolute atomic E-state index is 0.112. The summed E-state index contributed by atoms with van der Waals surface area (Å²) in [7, 11) is 0. The number of nitrogens with zero attached hydrogens (tertiary/aromatic N) is 2. The maximum absolute atomic E-state index is 13.2. The van der Waals surface area contributed by atoms with Crippen LogP contribution in [0.15, 0.2) is 48.5 Å². The minimum atomic E-state index is -1.01. The maximum atomic E-state index is 13.2. The Morgan fingerprint density at radius 1 is 1.00 bits per heavy atom. The molecule has 0 aliphatic heterocycles. The Hall–Kier alpha value is -3.00. The Morgan fingerprint density at radius 2 is 1.81 bits per heavy atom. The van der Waals surface area contributed by atoms with Crippen LogP contribution in [0.4, 0.5) is 8.78 Å². The molecule has 102 valence electrons. The summed E-state index contributed by atoms with van der Waals surface area (Å²) in [5.41, 5.74) is 0.993. The third kappa shape index (κ3) is 2.51. The zero-order valence-corrected chi connectivity index (χ0v) is 10.7. The molecule has 2 aromatic carbocycles. The number of hydrogen-bond acceptors (Lipinski definition) is 3. The number of fused-ring (bicyclic) bond motifs is 1. The Labute approximate surface area is 119 Å². The zero-order chi connectivity index (χ0) is 14.8. The van der Waals surface area contributed by atoms with Gasteiger partial charge in [0.25, 0.3) is 0 Å². The van der Waals surface area contributed by atoms with Gasteiger partial charge in [0, 0.05) is 17.5 Å². The smallest absolute Gasteiger partial charge is 0.221 e. The summed E-state index contributed by atoms with van der Waals surface area (Å²) in [6.07, 6.45) is 0. The average molecular weight is 282 g/mol. The number of pyridine rings is 1. The monoisotopic (exact) mass is 282 g/mol. The highest BCUT2D eigenvalue weighted by molar-refractivity contribution is 5.85. The molecule has 3 rings (SSSR count). The van der Waals surface area contributed by atoms with Gasteiger partial charge in [-0.15, -0.1) is 0 Å². The fourth-order valence-electron chi connectivity index (χ4n) is 1.96. The second kappa shape index (κ2) is 5.17. The largest absolute Gasteiger partial charge is 0.439 e. The van der Waals surface area contributed by atoms with E-state index in [2.05, 4.69) is 11.1 Å². The van der Waals surface area contributed by atoms with Gasteiger partial charge < -0.3 is 4.74 Å². The molecule has 21 heavy (non-hydrogen) atoms. The molecule has 0 unspecified atom stereocenters. The fourth-order valence-corrected chi connectivity index (χ4v) is 1.96. The minimum Gasteiger partial charge on any atom is -0.439 e. The molecule has 0 fully saturated rings. The molecular weight excluding hydrogens is 274 g/mol. The molecule has 0 amide bonds. The van der Waals surface area contributed by atoms with Crippen molar-refractivity contribution in [2.75, 3.05) is 0 Å². The second-order valence-corrected chi connectivity index (χ2v) is 4.31. The van der Waals surface area contributed by atoms with E-state index in [-0.39, 0.29) is 11.6 Å². The lowest BCUT2D eigenvalue weighted by Gasteiger charge is -2.07. The molecule has 0 spiro atoms. The molecule has 0 saturated carbocycles. The van der Waals surface area contributed by atoms with Crippen molar-refractivity contribution < 1.29 is 13.5 Å². The number of benzene rings is 2. The number of rotatable bonds is 2. The Balaban J connectivity index is 2.04. The van der Waals surface area contributed by atoms with Crippen molar-refractivity contribution in [2.24, 2.45) is 0 Å². The van der Waals surface area contributed by atoms with Crippen LogP contribution in [-0.4, -0.2) is 4.98 Å². The highest BCUT2D eigenvalue weighted by atomic mass is 19.2. The van der Waals surface area contributed by atoms with Gasteiger partial charge in [-0.2, -0.15) is 5.26 Å². The first kappa shape index (κ1) is 13.0. The third-order valence-corrected chi connectivity index (χ3v) is 2.93. The summed E-state index contributed by atoms with van der Waals surface area (Å²) in [6, 6.07) is 13.8. The average Bonchev–Trinajstić information content (AvgIpc) is 2.50. The fraction of sp³-hybridized carbons (Fsp3) is 0. The van der Waals surface area contributed by atoms with Crippen LogP contribution < -0.4 is 4.74 Å². The summed E-state index contributed by atoms with van der Waals surface area (Å²) < 4.78 is 31.4. The number of para-hydroxylation sites is 1. The molecule has 0 radical (unpaired) electrons. The lowest BCUT2D eigenvalue weighted by atomic mass is 10.1. The quantitative estimate of drug-likeness (QED) is 0.708. The van der Waals surface area contributed by atoms with Gasteiger partial charge in [-0.1, -0.05) is 18.2 Å². The highest BCUT2D eigenvalue weighted by Gasteiger charge is 2.08. The summed E-state index contributed by atoms with van der Waals surface area (Å²) in [5, 5.41) is 9.87. The molecule has 1 aromatic heterocycles. The van der Waals surface area contributed by atoms with Crippen LogP contribution in [0, 0.1) is 23.0 Å². The predicted octanol–water partition coefficient (Wildman–Crippen LogP) is 4.18. The summed E-state index contributed by atoms with van der Waals surface area (Å²) in [6.45, 7) is 0. The van der Waals surface area contributed by atoms with E-state index in [9.17, 15) is 8.78 Å². The molecule has 0 aliphatic carbocycles. The van der Waals surface area contributed by atoms with Crippen molar-refractivity contribution in [1.29, 1.82) is 5.26 Å². The van der Waals surface area contributed by atoms with Crippen molar-refractivity contribution in [3.05, 3.63) is 65.7 Å². The van der Waals surface area contributed by atoms with Gasteiger partial charge in [0.05, 0.1) is 11.1 Å². The number of hydrogen-bond donors (Lipinski definition) is 0. The molecule has 0 N–H and O–H groups in total. The van der Waals surface area contributed by atoms with Gasteiger partial charge in [0.2, 0.25) is 5.88 Å². The van der Waals surface area contributed by atoms with Gasteiger partial charge >= 0.3 is 0 Å². The van der Waals surface area contributed by atoms with Crippen molar-refractivity contribution in [1.82, 2.24) is 4.98 Å². The summed E-state index contributed by atoms with van der Waals surface area (Å²) in [5.74, 6) is -1.70. The van der Waals surface area contributed by atoms with E-state index in [0.717, 1.165) is 12.1 Å². The first-order valence-electron chi connectivity index (χ1n) is 6.10. The maximum Gasteiger partial charge on any atom is 0.221 e. The predicted molar refractivity (Wildman–Crippen MR) is 72.9 cm³/mol. The van der Waals surface area contributed by atoms with E-state index in [1.54, 1.807) is 24.3 Å². The molecule has 3 aromatic rings. The summed E-state index contributed by atoms with van der Waals surface area (Å²) in [4.78, 5) is 4.24. The molecule has 0 saturated heterocycles. The van der Waals surface area contributed by atoms with Crippen LogP contribution in [0.25, 0.3) is 10.9 Å². The Bertz CT molecular complexity index is 872. The van der Waals surface area contributed by atoms with Crippen LogP contribution in [0.3, 0.4) is 0 Å². The number of aromatic nitrogens is 1. The Kier molecular flexibility index (Phi) is 3.20. The first-order valence-corrected chi connectivity index (χ1v) is 6.10. The van der Waals surface area contributed by atoms with E-state index < -0.39 is 11.6 Å². The molecule has 3 nitrogen and oxygen atoms in total. The molecule has 5 heteroatoms. The molecule has 0 bridgehead atoms. The molecule has 0 aliphatic rings. The standard InChI is InChI=1S/C16H8F2N2O/c17-13-6-5-11(8-14(13)18)21-16-7-10(9-19)12-3-1-2-4-15(12)20-16/h1-8H. The normalized spacial score (nSPS) is 10.3. The van der Waals surface area contributed by atoms with Gasteiger partial charge in [-0.25, -0.2) is 13.8 Å². The number of nitriles is 1. The first-order chi connectivity index (χ1) is 10.2. The van der Waals surface area contributed by atoms with E-state index in [0.29, 0.717) is 16.5 Å². The van der Waals surface area contributed by atoms with Crippen LogP contribution in [0.5, 0.6) is 11.6 Å². The van der Waals surface area contributed by atoms with Crippen LogP contribution in [0.1, 0.15) is 5.56 Å². The van der Waals surface area contributed by atoms with E-state index >= 15 is 0 Å². The third-order valence-electron chi connectivity index (χ3n) is 2.93. The van der Waals surface area contributed by atoms with Crippen molar-refractivity contribution in [3.63, 3.8) is 0 Å². The van der Waals surface area contributed by atoms with Gasteiger partial charge in [0.1, 0.15) is 11.8 Å². The van der Waals surface area contributed by atoms with Crippen molar-refractivity contribution in [2.45, 2.75) is 0 Å². The topological polar surface area (TPSA) is 45.9 Å². The second-order valence-electron chi connectivity index (χ2n) is 4.31. The van der Waals surface area contributed by atoms with Crippen molar-refractivity contribution in [3.8, 4) is 17.7 Å². The van der Waals surface area contributed by atoms with E-state index in [1.165, 1.54) is 12.1 Å². The molecule has 0 atom stereocenters. The lowest BCUT2D eigenvalue weighted by Crippen LogP contribution is -1.93. The number of halogens is 2. The SMILES string of the molecule is N#Cc1cc(Oc2ccc(F)c(F)c2)nc2ccccc12. The highest BCUT2D eigenvalue weighted by Crippen LogP contribution is 2.26. The zero-order valence-electron chi connectivity index (χ0n) is 10.7. The van der Waals surface area contributed by atoms with Crippen LogP contribution in [-0.2, 0) is 0 Å². The summed E-state index contributed by atoms with van der Waals surface area (Å²) >= 11 is 0. The Morgan fingerprint density at radius 3 is 2.57 bits per heavy atom. The van der Waals surface area contributed by atoms with E-state index in [1.807, 2.05) is 0 Å². The van der Waals surface area contributed by atoms with Crippen LogP contribution >= 0.6 is 0 Å². The van der Waals surface area contributed by atoms with Crippen molar-refractivity contribution >= 4 is 10.9 Å². The van der Waals surface area contributed by atoms with Gasteiger partial charge in [0.15, 0.2) is 11.6 Å². The van der Waals surface area contributed by atoms with Crippen LogP contribution in [0.2, 0.25) is 0 Å². The van der Waals surface area contributed by atoms with Gasteiger partial charge in [-0.3, -0.25) is 0 Å². The molecule has 1 heterocycles. The van der Waals surface area contributed by atoms with E-state index in [4.69, 9.17) is 10.00 Å².